The molecule has 14 rings (SSSR count). The predicted octanol–water partition coefficient (Wildman–Crippen LogP) is 16.5. The van der Waals surface area contributed by atoms with E-state index in [9.17, 15) is 0 Å². The first kappa shape index (κ1) is 35.5. The smallest absolute Gasteiger partial charge is 0.0601 e. The Kier molecular flexibility index (Phi) is 8.07. The second kappa shape index (κ2) is 13.9. The van der Waals surface area contributed by atoms with Crippen molar-refractivity contribution in [2.75, 3.05) is 9.80 Å². The van der Waals surface area contributed by atoms with Crippen molar-refractivity contribution in [2.24, 2.45) is 17.8 Å². The van der Waals surface area contributed by atoms with Gasteiger partial charge in [0.1, 0.15) is 0 Å². The molecule has 8 aromatic rings. The van der Waals surface area contributed by atoms with Crippen molar-refractivity contribution in [1.29, 1.82) is 0 Å². The zero-order valence-corrected chi connectivity index (χ0v) is 35.0. The van der Waals surface area contributed by atoms with Gasteiger partial charge in [0.15, 0.2) is 0 Å². The van der Waals surface area contributed by atoms with Crippen LogP contribution in [-0.2, 0) is 5.41 Å². The van der Waals surface area contributed by atoms with Crippen molar-refractivity contribution in [1.82, 2.24) is 0 Å². The van der Waals surface area contributed by atoms with E-state index in [1.54, 1.807) is 5.56 Å². The number of fused-ring (bicyclic) bond motifs is 10. The summed E-state index contributed by atoms with van der Waals surface area (Å²) in [6.45, 7) is 0. The minimum atomic E-state index is 0.356. The minimum Gasteiger partial charge on any atom is -0.310 e. The third-order valence-corrected chi connectivity index (χ3v) is 15.9. The lowest BCUT2D eigenvalue weighted by Gasteiger charge is -2.57. The Hall–Kier alpha value is -6.29. The second-order valence-corrected chi connectivity index (χ2v) is 19.4. The summed E-state index contributed by atoms with van der Waals surface area (Å²) in [4.78, 5) is 7.46. The number of hydrogen-bond acceptors (Lipinski definition) is 3. The molecule has 8 aromatic carbocycles. The van der Waals surface area contributed by atoms with Crippen LogP contribution in [0, 0.1) is 17.8 Å². The largest absolute Gasteiger partial charge is 0.310 e. The lowest BCUT2D eigenvalue weighted by molar-refractivity contribution is -0.00518. The van der Waals surface area contributed by atoms with Crippen LogP contribution in [0.25, 0.3) is 44.5 Å². The Morgan fingerprint density at radius 3 is 1.28 bits per heavy atom. The van der Waals surface area contributed by atoms with E-state index in [0.717, 1.165) is 34.8 Å². The zero-order valence-electron chi connectivity index (χ0n) is 34.2. The van der Waals surface area contributed by atoms with Crippen LogP contribution in [0.3, 0.4) is 0 Å². The molecule has 0 saturated heterocycles. The first-order valence-corrected chi connectivity index (χ1v) is 23.1. The van der Waals surface area contributed by atoms with Gasteiger partial charge in [-0.3, -0.25) is 0 Å². The lowest BCUT2D eigenvalue weighted by Crippen LogP contribution is -2.48. The lowest BCUT2D eigenvalue weighted by atomic mass is 9.48. The Labute approximate surface area is 363 Å². The molecule has 1 heterocycles. The molecule has 61 heavy (non-hydrogen) atoms. The third-order valence-electron chi connectivity index (χ3n) is 14.8. The normalized spacial score (nSPS) is 21.2. The molecule has 294 valence electrons. The molecule has 5 aliphatic carbocycles. The number of benzene rings is 8. The Bertz CT molecular complexity index is 2910. The number of nitrogens with zero attached hydrogens (tertiary/aromatic N) is 2. The summed E-state index contributed by atoms with van der Waals surface area (Å²) in [7, 11) is 0. The summed E-state index contributed by atoms with van der Waals surface area (Å²) < 4.78 is 0. The maximum absolute atomic E-state index is 2.50. The fourth-order valence-electron chi connectivity index (χ4n) is 12.6. The molecule has 4 saturated carbocycles. The summed E-state index contributed by atoms with van der Waals surface area (Å²) in [5, 5.41) is 0. The van der Waals surface area contributed by atoms with E-state index in [-0.39, 0.29) is 0 Å². The van der Waals surface area contributed by atoms with Crippen LogP contribution in [0.2, 0.25) is 0 Å². The maximum atomic E-state index is 2.50. The molecule has 4 fully saturated rings. The molecule has 4 bridgehead atoms. The molecule has 0 unspecified atom stereocenters. The van der Waals surface area contributed by atoms with Crippen LogP contribution in [0.4, 0.5) is 34.1 Å². The third kappa shape index (κ3) is 5.70. The van der Waals surface area contributed by atoms with Crippen LogP contribution in [-0.4, -0.2) is 0 Å². The molecule has 0 amide bonds. The van der Waals surface area contributed by atoms with Gasteiger partial charge in [0.2, 0.25) is 0 Å². The van der Waals surface area contributed by atoms with E-state index in [1.165, 1.54) is 110 Å². The van der Waals surface area contributed by atoms with Crippen LogP contribution in [0.1, 0.15) is 44.1 Å². The van der Waals surface area contributed by atoms with Gasteiger partial charge >= 0.3 is 0 Å². The molecular formula is C58H46N2S. The average Bonchev–Trinajstić information content (AvgIpc) is 3.30. The number of para-hydroxylation sites is 2. The van der Waals surface area contributed by atoms with Crippen molar-refractivity contribution >= 4 is 45.9 Å². The summed E-state index contributed by atoms with van der Waals surface area (Å²) in [5.41, 5.74) is 19.1. The van der Waals surface area contributed by atoms with Gasteiger partial charge in [-0.1, -0.05) is 127 Å². The SMILES string of the molecule is c1ccc2c(c1)Sc1ccccc1N2c1ccc(N(c2ccc(C34CC5CC(CC(C5)C3)C4)cc2)c2ccc3c(c2)-c2ccccc2-c2ccccc2-c2ccccc2-3)cc1. The van der Waals surface area contributed by atoms with Gasteiger partial charge in [-0.2, -0.15) is 0 Å². The van der Waals surface area contributed by atoms with E-state index >= 15 is 0 Å². The van der Waals surface area contributed by atoms with Gasteiger partial charge in [-0.15, -0.1) is 0 Å². The van der Waals surface area contributed by atoms with E-state index in [2.05, 4.69) is 198 Å². The van der Waals surface area contributed by atoms with Crippen molar-refractivity contribution in [3.8, 4) is 44.5 Å². The van der Waals surface area contributed by atoms with Crippen LogP contribution in [0.15, 0.2) is 198 Å². The van der Waals surface area contributed by atoms with E-state index in [4.69, 9.17) is 0 Å². The second-order valence-electron chi connectivity index (χ2n) is 18.3. The molecule has 1 aliphatic heterocycles. The summed E-state index contributed by atoms with van der Waals surface area (Å²) in [6.07, 6.45) is 8.52. The topological polar surface area (TPSA) is 6.48 Å². The zero-order chi connectivity index (χ0) is 40.1. The molecular weight excluding hydrogens is 757 g/mol. The van der Waals surface area contributed by atoms with E-state index in [1.807, 2.05) is 11.8 Å². The van der Waals surface area contributed by atoms with Crippen molar-refractivity contribution in [2.45, 2.75) is 53.7 Å². The number of anilines is 6. The monoisotopic (exact) mass is 802 g/mol. The maximum Gasteiger partial charge on any atom is 0.0601 e. The summed E-state index contributed by atoms with van der Waals surface area (Å²) in [5.74, 6) is 2.76. The first-order valence-electron chi connectivity index (χ1n) is 22.3. The van der Waals surface area contributed by atoms with Crippen LogP contribution in [0.5, 0.6) is 0 Å². The molecule has 0 aromatic heterocycles. The Balaban J connectivity index is 0.968. The van der Waals surface area contributed by atoms with Crippen molar-refractivity contribution in [3.63, 3.8) is 0 Å². The highest BCUT2D eigenvalue weighted by Crippen LogP contribution is 2.61. The summed E-state index contributed by atoms with van der Waals surface area (Å²) >= 11 is 1.85. The standard InChI is InChI=1S/C58H46N2S/c1-2-12-47-46(11-1)48-13-3-4-15-50(48)52-30-29-45(34-53(52)51-16-6-5-14-49(47)51)59(42-23-21-41(22-24-42)58-35-38-31-39(36-58)33-40(32-38)37-58)43-25-27-44(28-26-43)60-54-17-7-9-19-56(54)61-57-20-10-8-18-55(57)60/h1-30,34,38-40H,31-33,35-37H2. The fourth-order valence-corrected chi connectivity index (χ4v) is 13.7. The number of hydrogen-bond donors (Lipinski definition) is 0. The highest BCUT2D eigenvalue weighted by Gasteiger charge is 2.51. The highest BCUT2D eigenvalue weighted by atomic mass is 32.2. The van der Waals surface area contributed by atoms with Gasteiger partial charge in [-0.25, -0.2) is 0 Å². The van der Waals surface area contributed by atoms with Gasteiger partial charge in [-0.05, 0) is 185 Å². The average molecular weight is 803 g/mol. The van der Waals surface area contributed by atoms with Gasteiger partial charge < -0.3 is 9.80 Å². The van der Waals surface area contributed by atoms with E-state index < -0.39 is 0 Å². The van der Waals surface area contributed by atoms with Crippen molar-refractivity contribution < 1.29 is 0 Å². The van der Waals surface area contributed by atoms with Crippen LogP contribution >= 0.6 is 11.8 Å². The van der Waals surface area contributed by atoms with Gasteiger partial charge in [0.25, 0.3) is 0 Å². The molecule has 0 N–H and O–H groups in total. The highest BCUT2D eigenvalue weighted by molar-refractivity contribution is 7.99. The molecule has 2 nitrogen and oxygen atoms in total. The summed E-state index contributed by atoms with van der Waals surface area (Å²) in [6, 6.07) is 70.7. The first-order chi connectivity index (χ1) is 30.2. The van der Waals surface area contributed by atoms with Crippen LogP contribution < -0.4 is 9.80 Å². The van der Waals surface area contributed by atoms with Gasteiger partial charge in [0.05, 0.1) is 11.4 Å². The van der Waals surface area contributed by atoms with Gasteiger partial charge in [0, 0.05) is 32.5 Å². The predicted molar refractivity (Wildman–Crippen MR) is 255 cm³/mol. The molecule has 0 atom stereocenters. The van der Waals surface area contributed by atoms with E-state index in [0.29, 0.717) is 5.41 Å². The molecule has 3 heteroatoms. The quantitative estimate of drug-likeness (QED) is 0.171. The number of rotatable bonds is 5. The molecule has 0 spiro atoms. The molecule has 6 aliphatic rings. The Morgan fingerprint density at radius 2 is 0.787 bits per heavy atom. The minimum absolute atomic E-state index is 0.356. The fraction of sp³-hybridized carbons (Fsp3) is 0.172. The Morgan fingerprint density at radius 1 is 0.393 bits per heavy atom. The van der Waals surface area contributed by atoms with Crippen molar-refractivity contribution in [3.05, 3.63) is 194 Å². The molecule has 0 radical (unpaired) electrons.